The number of carbonyl (C=O) groups is 1. The van der Waals surface area contributed by atoms with Crippen LogP contribution in [0, 0.1) is 0 Å². The first-order valence-electron chi connectivity index (χ1n) is 8.66. The van der Waals surface area contributed by atoms with E-state index >= 15 is 0 Å². The van der Waals surface area contributed by atoms with E-state index in [1.807, 2.05) is 24.3 Å². The van der Waals surface area contributed by atoms with Crippen LogP contribution >= 0.6 is 0 Å². The fourth-order valence-corrected chi connectivity index (χ4v) is 3.65. The van der Waals surface area contributed by atoms with Crippen molar-refractivity contribution >= 4 is 15.8 Å². The van der Waals surface area contributed by atoms with Crippen LogP contribution in [0.1, 0.15) is 22.3 Å². The van der Waals surface area contributed by atoms with Crippen LogP contribution in [-0.2, 0) is 21.0 Å². The number of methoxy groups -OCH3 is 1. The Morgan fingerprint density at radius 2 is 1.96 bits per heavy atom. The molecule has 0 unspecified atom stereocenters. The summed E-state index contributed by atoms with van der Waals surface area (Å²) in [6, 6.07) is 11.0. The van der Waals surface area contributed by atoms with Gasteiger partial charge in [0, 0.05) is 24.3 Å². The van der Waals surface area contributed by atoms with E-state index in [4.69, 9.17) is 14.2 Å². The van der Waals surface area contributed by atoms with Gasteiger partial charge in [0.05, 0.1) is 31.6 Å². The molecule has 144 valence electrons. The highest BCUT2D eigenvalue weighted by atomic mass is 32.2. The molecule has 0 spiro atoms. The molecule has 27 heavy (non-hydrogen) atoms. The Morgan fingerprint density at radius 3 is 2.70 bits per heavy atom. The summed E-state index contributed by atoms with van der Waals surface area (Å²) >= 11 is 0. The van der Waals surface area contributed by atoms with E-state index in [1.165, 1.54) is 13.4 Å². The summed E-state index contributed by atoms with van der Waals surface area (Å²) in [5, 5.41) is 0. The lowest BCUT2D eigenvalue weighted by molar-refractivity contribution is 0.0600. The lowest BCUT2D eigenvalue weighted by atomic mass is 9.95. The van der Waals surface area contributed by atoms with Gasteiger partial charge in [-0.2, -0.15) is 0 Å². The van der Waals surface area contributed by atoms with Gasteiger partial charge in [0.15, 0.2) is 0 Å². The summed E-state index contributed by atoms with van der Waals surface area (Å²) in [6.07, 6.45) is 2.38. The molecule has 0 saturated heterocycles. The predicted molar refractivity (Wildman–Crippen MR) is 102 cm³/mol. The van der Waals surface area contributed by atoms with Crippen molar-refractivity contribution in [1.29, 1.82) is 0 Å². The summed E-state index contributed by atoms with van der Waals surface area (Å²) in [6.45, 7) is 0.837. The van der Waals surface area contributed by atoms with E-state index in [0.29, 0.717) is 36.7 Å². The van der Waals surface area contributed by atoms with Crippen molar-refractivity contribution in [2.24, 2.45) is 0 Å². The number of hydrogen-bond acceptors (Lipinski definition) is 6. The van der Waals surface area contributed by atoms with Crippen LogP contribution in [0.15, 0.2) is 36.4 Å². The van der Waals surface area contributed by atoms with Crippen LogP contribution in [0.2, 0.25) is 0 Å². The Morgan fingerprint density at radius 1 is 1.15 bits per heavy atom. The number of rotatable bonds is 6. The number of benzene rings is 2. The summed E-state index contributed by atoms with van der Waals surface area (Å²) in [7, 11) is -1.63. The van der Waals surface area contributed by atoms with E-state index < -0.39 is 9.84 Å². The van der Waals surface area contributed by atoms with Crippen molar-refractivity contribution in [2.75, 3.05) is 32.3 Å². The van der Waals surface area contributed by atoms with Gasteiger partial charge in [-0.3, -0.25) is 0 Å². The van der Waals surface area contributed by atoms with Crippen LogP contribution in [0.4, 0.5) is 0 Å². The molecule has 2 aromatic carbocycles. The van der Waals surface area contributed by atoms with Gasteiger partial charge >= 0.3 is 5.97 Å². The first kappa shape index (κ1) is 19.2. The maximum Gasteiger partial charge on any atom is 0.337 e. The second kappa shape index (κ2) is 8.00. The molecule has 0 atom stereocenters. The Hall–Kier alpha value is -2.54. The van der Waals surface area contributed by atoms with Crippen molar-refractivity contribution in [3.63, 3.8) is 0 Å². The molecule has 6 nitrogen and oxygen atoms in total. The highest BCUT2D eigenvalue weighted by Crippen LogP contribution is 2.38. The molecule has 1 aliphatic rings. The molecule has 3 rings (SSSR count). The molecule has 0 fully saturated rings. The van der Waals surface area contributed by atoms with Gasteiger partial charge in [-0.25, -0.2) is 13.2 Å². The Kier molecular flexibility index (Phi) is 5.70. The summed E-state index contributed by atoms with van der Waals surface area (Å²) in [5.41, 5.74) is 3.42. The van der Waals surface area contributed by atoms with E-state index in [9.17, 15) is 13.2 Å². The van der Waals surface area contributed by atoms with Crippen LogP contribution in [0.25, 0.3) is 11.1 Å². The number of esters is 1. The van der Waals surface area contributed by atoms with E-state index in [1.54, 1.807) is 12.1 Å². The Labute approximate surface area is 159 Å². The van der Waals surface area contributed by atoms with Crippen LogP contribution in [0.5, 0.6) is 11.5 Å². The average Bonchev–Trinajstić information content (AvgIpc) is 2.82. The number of carbonyl (C=O) groups excluding carboxylic acids is 1. The second-order valence-electron chi connectivity index (χ2n) is 6.45. The normalized spacial score (nSPS) is 13.0. The third-order valence-electron chi connectivity index (χ3n) is 4.33. The van der Waals surface area contributed by atoms with Gasteiger partial charge in [0.25, 0.3) is 0 Å². The highest BCUT2D eigenvalue weighted by molar-refractivity contribution is 7.90. The zero-order valence-corrected chi connectivity index (χ0v) is 16.2. The van der Waals surface area contributed by atoms with Crippen molar-refractivity contribution in [1.82, 2.24) is 0 Å². The molecular formula is C20H22O6S. The second-order valence-corrected chi connectivity index (χ2v) is 8.71. The molecule has 0 aromatic heterocycles. The minimum Gasteiger partial charge on any atom is -0.493 e. The molecule has 1 aliphatic heterocycles. The zero-order valence-electron chi connectivity index (χ0n) is 15.4. The molecule has 0 radical (unpaired) electrons. The summed E-state index contributed by atoms with van der Waals surface area (Å²) in [5.74, 6) is 1.01. The maximum atomic E-state index is 11.9. The summed E-state index contributed by atoms with van der Waals surface area (Å²) in [4.78, 5) is 11.9. The minimum atomic E-state index is -2.99. The number of fused-ring (bicyclic) bond motifs is 3. The van der Waals surface area contributed by atoms with Crippen molar-refractivity contribution in [3.8, 4) is 22.6 Å². The number of hydrogen-bond donors (Lipinski definition) is 0. The standard InChI is InChI=1S/C20H22O6S/c1-24-20(21)15-5-4-14-8-10-26-19-13-16(6-7-17(19)18(14)12-15)25-9-3-11-27(2,22)23/h4-7,12-13H,3,8-11H2,1-2H3. The first-order chi connectivity index (χ1) is 12.9. The van der Waals surface area contributed by atoms with Gasteiger partial charge < -0.3 is 14.2 Å². The van der Waals surface area contributed by atoms with Gasteiger partial charge in [-0.1, -0.05) is 6.07 Å². The van der Waals surface area contributed by atoms with Crippen LogP contribution in [-0.4, -0.2) is 46.7 Å². The maximum absolute atomic E-state index is 11.9. The predicted octanol–water partition coefficient (Wildman–Crippen LogP) is 2.89. The largest absolute Gasteiger partial charge is 0.493 e. The lowest BCUT2D eigenvalue weighted by Crippen LogP contribution is -2.08. The molecule has 0 amide bonds. The smallest absolute Gasteiger partial charge is 0.337 e. The topological polar surface area (TPSA) is 78.9 Å². The molecule has 0 saturated carbocycles. The van der Waals surface area contributed by atoms with Gasteiger partial charge in [0.1, 0.15) is 21.3 Å². The quantitative estimate of drug-likeness (QED) is 0.557. The Bertz CT molecular complexity index is 949. The number of ether oxygens (including phenoxy) is 3. The SMILES string of the molecule is COC(=O)c1ccc2c(c1)-c1ccc(OCCCS(C)(=O)=O)cc1OCC2. The van der Waals surface area contributed by atoms with E-state index in [0.717, 1.165) is 23.1 Å². The van der Waals surface area contributed by atoms with Gasteiger partial charge in [0.2, 0.25) is 0 Å². The summed E-state index contributed by atoms with van der Waals surface area (Å²) < 4.78 is 38.7. The van der Waals surface area contributed by atoms with Crippen molar-refractivity contribution in [2.45, 2.75) is 12.8 Å². The third-order valence-corrected chi connectivity index (χ3v) is 5.36. The first-order valence-corrected chi connectivity index (χ1v) is 10.7. The van der Waals surface area contributed by atoms with E-state index in [2.05, 4.69) is 0 Å². The van der Waals surface area contributed by atoms with Crippen LogP contribution < -0.4 is 9.47 Å². The minimum absolute atomic E-state index is 0.0954. The Balaban J connectivity index is 1.83. The number of sulfone groups is 1. The molecule has 0 aliphatic carbocycles. The van der Waals surface area contributed by atoms with Gasteiger partial charge in [-0.15, -0.1) is 0 Å². The lowest BCUT2D eigenvalue weighted by Gasteiger charge is -2.12. The molecule has 2 aromatic rings. The average molecular weight is 390 g/mol. The molecule has 1 heterocycles. The van der Waals surface area contributed by atoms with Crippen LogP contribution in [0.3, 0.4) is 0 Å². The fourth-order valence-electron chi connectivity index (χ4n) is 3.01. The monoisotopic (exact) mass is 390 g/mol. The molecule has 0 bridgehead atoms. The molecule has 0 N–H and O–H groups in total. The third kappa shape index (κ3) is 4.80. The highest BCUT2D eigenvalue weighted by Gasteiger charge is 2.18. The fraction of sp³-hybridized carbons (Fsp3) is 0.350. The van der Waals surface area contributed by atoms with E-state index in [-0.39, 0.29) is 11.7 Å². The molecule has 7 heteroatoms. The molecular weight excluding hydrogens is 368 g/mol. The van der Waals surface area contributed by atoms with Crippen molar-refractivity contribution in [3.05, 3.63) is 47.5 Å². The van der Waals surface area contributed by atoms with Crippen molar-refractivity contribution < 1.29 is 27.4 Å². The van der Waals surface area contributed by atoms with Gasteiger partial charge in [-0.05, 0) is 41.8 Å². The zero-order chi connectivity index (χ0) is 19.4.